The summed E-state index contributed by atoms with van der Waals surface area (Å²) < 4.78 is 10.8. The molecule has 9 heteroatoms. The molecule has 0 bridgehead atoms. The number of nitrogens with zero attached hydrogens (tertiary/aromatic N) is 3. The monoisotopic (exact) mass is 308 g/mol. The van der Waals surface area contributed by atoms with Crippen molar-refractivity contribution in [2.24, 2.45) is 4.99 Å². The van der Waals surface area contributed by atoms with Crippen molar-refractivity contribution in [1.29, 1.82) is 0 Å². The minimum atomic E-state index is -0.727. The zero-order valence-electron chi connectivity index (χ0n) is 12.2. The van der Waals surface area contributed by atoms with Crippen LogP contribution < -0.4 is 11.2 Å². The highest BCUT2D eigenvalue weighted by molar-refractivity contribution is 5.83. The number of hydrogen-bond donors (Lipinski definition) is 2. The molecule has 0 atom stereocenters. The van der Waals surface area contributed by atoms with Crippen LogP contribution in [0.3, 0.4) is 0 Å². The smallest absolute Gasteiger partial charge is 0.331 e. The molecule has 0 unspecified atom stereocenters. The zero-order valence-corrected chi connectivity index (χ0v) is 12.2. The molecule has 2 aromatic heterocycles. The molecule has 0 fully saturated rings. The van der Waals surface area contributed by atoms with E-state index in [1.54, 1.807) is 13.0 Å². The van der Waals surface area contributed by atoms with Gasteiger partial charge in [0, 0.05) is 32.5 Å². The number of H-pyrrole nitrogens is 1. The Bertz CT molecular complexity index is 786. The fourth-order valence-electron chi connectivity index (χ4n) is 1.81. The largest absolute Gasteiger partial charge is 0.494 e. The highest BCUT2D eigenvalue weighted by atomic mass is 16.5. The lowest BCUT2D eigenvalue weighted by Gasteiger charge is -2.08. The van der Waals surface area contributed by atoms with Crippen molar-refractivity contribution in [2.75, 3.05) is 13.7 Å². The Kier molecular flexibility index (Phi) is 4.89. The molecule has 22 heavy (non-hydrogen) atoms. The number of nitrogens with one attached hydrogen (secondary N) is 1. The maximum Gasteiger partial charge on any atom is 0.331 e. The first-order valence-electron chi connectivity index (χ1n) is 6.55. The highest BCUT2D eigenvalue weighted by Crippen LogP contribution is 2.13. The first-order valence-corrected chi connectivity index (χ1v) is 6.55. The molecule has 0 radical (unpaired) electrons. The number of aromatic amines is 1. The number of rotatable bonds is 6. The molecule has 0 aliphatic heterocycles. The fraction of sp³-hybridized carbons (Fsp3) is 0.385. The van der Waals surface area contributed by atoms with Crippen LogP contribution in [0, 0.1) is 6.92 Å². The quantitative estimate of drug-likeness (QED) is 0.585. The number of aliphatic imine (C=N–C) groups is 1. The molecule has 9 nitrogen and oxygen atoms in total. The summed E-state index contributed by atoms with van der Waals surface area (Å²) in [5, 5.41) is 13.7. The van der Waals surface area contributed by atoms with E-state index in [9.17, 15) is 14.7 Å². The summed E-state index contributed by atoms with van der Waals surface area (Å²) in [6.45, 7) is 2.33. The van der Waals surface area contributed by atoms with Gasteiger partial charge in [-0.3, -0.25) is 14.3 Å². The maximum atomic E-state index is 11.8. The van der Waals surface area contributed by atoms with Crippen LogP contribution in [0.5, 0.6) is 5.88 Å². The second-order valence-corrected chi connectivity index (χ2v) is 4.55. The molecule has 2 N–H and O–H groups in total. The Labute approximate surface area is 124 Å². The Morgan fingerprint density at radius 1 is 1.55 bits per heavy atom. The molecule has 0 aromatic carbocycles. The van der Waals surface area contributed by atoms with Gasteiger partial charge in [-0.15, -0.1) is 0 Å². The third-order valence-corrected chi connectivity index (χ3v) is 2.88. The van der Waals surface area contributed by atoms with E-state index in [0.717, 1.165) is 10.8 Å². The minimum absolute atomic E-state index is 0.127. The third kappa shape index (κ3) is 3.50. The second kappa shape index (κ2) is 6.85. The Morgan fingerprint density at radius 3 is 2.95 bits per heavy atom. The Morgan fingerprint density at radius 2 is 2.32 bits per heavy atom. The van der Waals surface area contributed by atoms with Crippen molar-refractivity contribution in [3.05, 3.63) is 38.2 Å². The van der Waals surface area contributed by atoms with Gasteiger partial charge in [-0.1, -0.05) is 5.16 Å². The van der Waals surface area contributed by atoms with Gasteiger partial charge in [0.05, 0.1) is 0 Å². The van der Waals surface area contributed by atoms with Gasteiger partial charge in [-0.05, 0) is 13.3 Å². The van der Waals surface area contributed by atoms with Crippen LogP contribution in [0.15, 0.2) is 25.2 Å². The van der Waals surface area contributed by atoms with Gasteiger partial charge < -0.3 is 14.4 Å². The van der Waals surface area contributed by atoms with Crippen LogP contribution in [0.25, 0.3) is 0 Å². The van der Waals surface area contributed by atoms with Gasteiger partial charge in [-0.2, -0.15) is 0 Å². The summed E-state index contributed by atoms with van der Waals surface area (Å²) in [5.41, 5.74) is -1.54. The molecule has 118 valence electrons. The predicted molar refractivity (Wildman–Crippen MR) is 78.0 cm³/mol. The SMILES string of the molecule is COCCCn1c(O)c(C=Nc2cc(C)on2)c(=O)[nH]c1=O. The number of aryl methyl sites for hydroxylation is 1. The number of aromatic nitrogens is 3. The first-order chi connectivity index (χ1) is 10.5. The fourth-order valence-corrected chi connectivity index (χ4v) is 1.81. The molecule has 2 heterocycles. The minimum Gasteiger partial charge on any atom is -0.494 e. The van der Waals surface area contributed by atoms with E-state index < -0.39 is 17.1 Å². The molecule has 0 saturated heterocycles. The van der Waals surface area contributed by atoms with E-state index in [0.29, 0.717) is 18.8 Å². The maximum absolute atomic E-state index is 11.8. The van der Waals surface area contributed by atoms with Crippen molar-refractivity contribution in [3.8, 4) is 5.88 Å². The van der Waals surface area contributed by atoms with Crippen LogP contribution in [0.1, 0.15) is 17.7 Å². The molecule has 0 amide bonds. The van der Waals surface area contributed by atoms with E-state index in [-0.39, 0.29) is 17.9 Å². The summed E-state index contributed by atoms with van der Waals surface area (Å²) >= 11 is 0. The lowest BCUT2D eigenvalue weighted by atomic mass is 10.3. The normalized spacial score (nSPS) is 11.4. The van der Waals surface area contributed by atoms with Crippen LogP contribution in [-0.2, 0) is 11.3 Å². The van der Waals surface area contributed by atoms with E-state index in [1.807, 2.05) is 0 Å². The number of ether oxygens (including phenoxy) is 1. The second-order valence-electron chi connectivity index (χ2n) is 4.55. The van der Waals surface area contributed by atoms with E-state index in [1.165, 1.54) is 7.11 Å². The molecular formula is C13H16N4O5. The first kappa shape index (κ1) is 15.7. The third-order valence-electron chi connectivity index (χ3n) is 2.88. The van der Waals surface area contributed by atoms with Crippen LogP contribution in [-0.4, -0.2) is 39.7 Å². The molecule has 0 spiro atoms. The molecule has 0 saturated carbocycles. The molecular weight excluding hydrogens is 292 g/mol. The molecule has 2 aromatic rings. The summed E-state index contributed by atoms with van der Waals surface area (Å²) in [4.78, 5) is 29.6. The predicted octanol–water partition coefficient (Wildman–Crippen LogP) is 0.326. The Hall–Kier alpha value is -2.68. The standard InChI is InChI=1S/C13H16N4O5/c1-8-6-10(16-22-8)14-7-9-11(18)15-13(20)17(12(9)19)4-3-5-21-2/h6-7,19H,3-5H2,1-2H3,(H,15,18,20). The van der Waals surface area contributed by atoms with Crippen LogP contribution in [0.4, 0.5) is 5.82 Å². The molecule has 2 rings (SSSR count). The summed E-state index contributed by atoms with van der Waals surface area (Å²) in [6.07, 6.45) is 1.65. The van der Waals surface area contributed by atoms with Gasteiger partial charge in [-0.25, -0.2) is 9.79 Å². The summed E-state index contributed by atoms with van der Waals surface area (Å²) in [5.74, 6) is 0.372. The summed E-state index contributed by atoms with van der Waals surface area (Å²) in [6, 6.07) is 1.57. The summed E-state index contributed by atoms with van der Waals surface area (Å²) in [7, 11) is 1.54. The van der Waals surface area contributed by atoms with Crippen molar-refractivity contribution >= 4 is 12.0 Å². The van der Waals surface area contributed by atoms with Crippen molar-refractivity contribution in [2.45, 2.75) is 19.9 Å². The lowest BCUT2D eigenvalue weighted by Crippen LogP contribution is -2.32. The van der Waals surface area contributed by atoms with Gasteiger partial charge in [0.2, 0.25) is 5.88 Å². The van der Waals surface area contributed by atoms with Gasteiger partial charge in [0.1, 0.15) is 11.3 Å². The number of methoxy groups -OCH3 is 1. The van der Waals surface area contributed by atoms with E-state index in [2.05, 4.69) is 15.1 Å². The van der Waals surface area contributed by atoms with Crippen molar-refractivity contribution in [3.63, 3.8) is 0 Å². The number of hydrogen-bond acceptors (Lipinski definition) is 7. The number of aromatic hydroxyl groups is 1. The van der Waals surface area contributed by atoms with E-state index >= 15 is 0 Å². The van der Waals surface area contributed by atoms with Gasteiger partial charge in [0.25, 0.3) is 5.56 Å². The topological polar surface area (TPSA) is 123 Å². The van der Waals surface area contributed by atoms with Crippen molar-refractivity contribution in [1.82, 2.24) is 14.7 Å². The van der Waals surface area contributed by atoms with Gasteiger partial charge in [0.15, 0.2) is 5.82 Å². The van der Waals surface area contributed by atoms with Crippen molar-refractivity contribution < 1.29 is 14.4 Å². The average Bonchev–Trinajstić information content (AvgIpc) is 2.88. The lowest BCUT2D eigenvalue weighted by molar-refractivity contribution is 0.188. The Balaban J connectivity index is 2.34. The average molecular weight is 308 g/mol. The van der Waals surface area contributed by atoms with E-state index in [4.69, 9.17) is 9.26 Å². The molecule has 0 aliphatic rings. The molecule has 0 aliphatic carbocycles. The van der Waals surface area contributed by atoms with Gasteiger partial charge >= 0.3 is 5.69 Å². The van der Waals surface area contributed by atoms with Crippen LogP contribution >= 0.6 is 0 Å². The zero-order chi connectivity index (χ0) is 16.1. The highest BCUT2D eigenvalue weighted by Gasteiger charge is 2.12. The van der Waals surface area contributed by atoms with Crippen LogP contribution in [0.2, 0.25) is 0 Å².